The predicted molar refractivity (Wildman–Crippen MR) is 78.7 cm³/mol. The Bertz CT molecular complexity index is 601. The Morgan fingerprint density at radius 2 is 2.10 bits per heavy atom. The van der Waals surface area contributed by atoms with E-state index in [9.17, 15) is 4.79 Å². The van der Waals surface area contributed by atoms with Crippen molar-refractivity contribution in [2.24, 2.45) is 5.10 Å². The molecule has 0 aliphatic heterocycles. The molecular weight excluding hydrogens is 252 g/mol. The van der Waals surface area contributed by atoms with Gasteiger partial charge in [0.25, 0.3) is 5.91 Å². The highest BCUT2D eigenvalue weighted by Crippen LogP contribution is 2.06. The van der Waals surface area contributed by atoms with Crippen LogP contribution in [0.1, 0.15) is 41.5 Å². The van der Waals surface area contributed by atoms with Crippen molar-refractivity contribution in [3.63, 3.8) is 0 Å². The van der Waals surface area contributed by atoms with E-state index in [-0.39, 0.29) is 5.91 Å². The van der Waals surface area contributed by atoms with E-state index >= 15 is 0 Å². The monoisotopic (exact) mass is 270 g/mol. The normalized spacial score (nSPS) is 11.4. The van der Waals surface area contributed by atoms with Crippen LogP contribution >= 0.6 is 0 Å². The largest absolute Gasteiger partial charge is 0.291 e. The van der Waals surface area contributed by atoms with Gasteiger partial charge in [0, 0.05) is 5.69 Å². The van der Waals surface area contributed by atoms with Crippen molar-refractivity contribution in [1.82, 2.24) is 15.6 Å². The SMILES string of the molecule is CCC/C(=N\NC(=O)c1cc(C)[nH]n1)c1ccccc1. The number of hydrogen-bond donors (Lipinski definition) is 2. The Morgan fingerprint density at radius 3 is 2.70 bits per heavy atom. The van der Waals surface area contributed by atoms with Gasteiger partial charge >= 0.3 is 0 Å². The molecule has 0 bridgehead atoms. The summed E-state index contributed by atoms with van der Waals surface area (Å²) in [7, 11) is 0. The molecule has 0 aliphatic rings. The van der Waals surface area contributed by atoms with Gasteiger partial charge in [-0.15, -0.1) is 0 Å². The fraction of sp³-hybridized carbons (Fsp3) is 0.267. The van der Waals surface area contributed by atoms with Crippen LogP contribution in [0, 0.1) is 6.92 Å². The van der Waals surface area contributed by atoms with E-state index in [1.807, 2.05) is 37.3 Å². The zero-order valence-electron chi connectivity index (χ0n) is 11.7. The predicted octanol–water partition coefficient (Wildman–Crippen LogP) is 2.65. The molecule has 1 amide bonds. The van der Waals surface area contributed by atoms with Crippen molar-refractivity contribution in [3.05, 3.63) is 53.3 Å². The fourth-order valence-electron chi connectivity index (χ4n) is 1.84. The van der Waals surface area contributed by atoms with Crippen LogP contribution in [0.3, 0.4) is 0 Å². The second-order valence-electron chi connectivity index (χ2n) is 4.55. The second-order valence-corrected chi connectivity index (χ2v) is 4.55. The molecule has 0 atom stereocenters. The first-order valence-corrected chi connectivity index (χ1v) is 6.65. The summed E-state index contributed by atoms with van der Waals surface area (Å²) in [5.41, 5.74) is 5.64. The molecule has 5 nitrogen and oxygen atoms in total. The number of rotatable bonds is 5. The molecule has 0 spiro atoms. The van der Waals surface area contributed by atoms with E-state index in [2.05, 4.69) is 27.6 Å². The number of nitrogens with zero attached hydrogens (tertiary/aromatic N) is 2. The van der Waals surface area contributed by atoms with Crippen LogP contribution in [0.4, 0.5) is 0 Å². The molecule has 0 aliphatic carbocycles. The van der Waals surface area contributed by atoms with Gasteiger partial charge in [0.05, 0.1) is 5.71 Å². The number of nitrogens with one attached hydrogen (secondary N) is 2. The number of amides is 1. The number of carbonyl (C=O) groups excluding carboxylic acids is 1. The van der Waals surface area contributed by atoms with Crippen LogP contribution in [-0.4, -0.2) is 21.8 Å². The molecule has 2 rings (SSSR count). The summed E-state index contributed by atoms with van der Waals surface area (Å²) in [5.74, 6) is -0.307. The lowest BCUT2D eigenvalue weighted by Crippen LogP contribution is -2.20. The van der Waals surface area contributed by atoms with Crippen molar-refractivity contribution in [3.8, 4) is 0 Å². The van der Waals surface area contributed by atoms with Gasteiger partial charge in [-0.25, -0.2) is 5.43 Å². The Hall–Kier alpha value is -2.43. The molecule has 1 aromatic heterocycles. The van der Waals surface area contributed by atoms with Crippen molar-refractivity contribution in [2.45, 2.75) is 26.7 Å². The number of H-pyrrole nitrogens is 1. The zero-order chi connectivity index (χ0) is 14.4. The Balaban J connectivity index is 2.12. The van der Waals surface area contributed by atoms with Gasteiger partial charge in [0.15, 0.2) is 5.69 Å². The topological polar surface area (TPSA) is 70.1 Å². The highest BCUT2D eigenvalue weighted by molar-refractivity contribution is 6.01. The summed E-state index contributed by atoms with van der Waals surface area (Å²) >= 11 is 0. The minimum atomic E-state index is -0.307. The number of hydrazone groups is 1. The van der Waals surface area contributed by atoms with E-state index < -0.39 is 0 Å². The number of hydrogen-bond acceptors (Lipinski definition) is 3. The quantitative estimate of drug-likeness (QED) is 0.647. The van der Waals surface area contributed by atoms with Crippen molar-refractivity contribution < 1.29 is 4.79 Å². The highest BCUT2D eigenvalue weighted by Gasteiger charge is 2.09. The van der Waals surface area contributed by atoms with E-state index in [0.717, 1.165) is 29.8 Å². The van der Waals surface area contributed by atoms with E-state index in [1.54, 1.807) is 6.07 Å². The molecule has 1 aromatic carbocycles. The molecule has 5 heteroatoms. The number of benzene rings is 1. The molecule has 0 saturated heterocycles. The zero-order valence-corrected chi connectivity index (χ0v) is 11.7. The Morgan fingerprint density at radius 1 is 1.35 bits per heavy atom. The van der Waals surface area contributed by atoms with E-state index in [0.29, 0.717) is 5.69 Å². The molecule has 104 valence electrons. The van der Waals surface area contributed by atoms with Crippen LogP contribution in [0.5, 0.6) is 0 Å². The van der Waals surface area contributed by atoms with Gasteiger partial charge in [0.2, 0.25) is 0 Å². The second kappa shape index (κ2) is 6.65. The maximum absolute atomic E-state index is 11.9. The maximum atomic E-state index is 11.9. The van der Waals surface area contributed by atoms with Gasteiger partial charge in [0.1, 0.15) is 0 Å². The first-order valence-electron chi connectivity index (χ1n) is 6.65. The lowest BCUT2D eigenvalue weighted by Gasteiger charge is -2.05. The molecular formula is C15H18N4O. The van der Waals surface area contributed by atoms with Crippen LogP contribution in [0.15, 0.2) is 41.5 Å². The van der Waals surface area contributed by atoms with Crippen LogP contribution in [-0.2, 0) is 0 Å². The van der Waals surface area contributed by atoms with E-state index in [1.165, 1.54) is 0 Å². The lowest BCUT2D eigenvalue weighted by molar-refractivity contribution is 0.0950. The third kappa shape index (κ3) is 3.54. The highest BCUT2D eigenvalue weighted by atomic mass is 16.2. The summed E-state index contributed by atoms with van der Waals surface area (Å²) in [6.45, 7) is 3.93. The summed E-state index contributed by atoms with van der Waals surface area (Å²) in [6.07, 6.45) is 1.77. The van der Waals surface area contributed by atoms with Gasteiger partial charge in [-0.3, -0.25) is 9.89 Å². The van der Waals surface area contributed by atoms with Gasteiger partial charge in [-0.2, -0.15) is 10.2 Å². The third-order valence-electron chi connectivity index (χ3n) is 2.82. The van der Waals surface area contributed by atoms with Crippen LogP contribution in [0.25, 0.3) is 0 Å². The lowest BCUT2D eigenvalue weighted by atomic mass is 10.1. The molecule has 0 saturated carbocycles. The molecule has 0 fully saturated rings. The average molecular weight is 270 g/mol. The van der Waals surface area contributed by atoms with Crippen molar-refractivity contribution >= 4 is 11.6 Å². The van der Waals surface area contributed by atoms with Crippen LogP contribution < -0.4 is 5.43 Å². The van der Waals surface area contributed by atoms with Gasteiger partial charge < -0.3 is 0 Å². The first-order chi connectivity index (χ1) is 9.70. The van der Waals surface area contributed by atoms with Gasteiger partial charge in [-0.1, -0.05) is 43.7 Å². The Labute approximate surface area is 118 Å². The molecule has 1 heterocycles. The minimum Gasteiger partial charge on any atom is -0.282 e. The minimum absolute atomic E-state index is 0.307. The van der Waals surface area contributed by atoms with Crippen molar-refractivity contribution in [2.75, 3.05) is 0 Å². The number of aromatic amines is 1. The van der Waals surface area contributed by atoms with Crippen molar-refractivity contribution in [1.29, 1.82) is 0 Å². The first kappa shape index (κ1) is 14.0. The third-order valence-corrected chi connectivity index (χ3v) is 2.82. The number of carbonyl (C=O) groups is 1. The van der Waals surface area contributed by atoms with Gasteiger partial charge in [-0.05, 0) is 25.0 Å². The maximum Gasteiger partial charge on any atom is 0.291 e. The fourth-order valence-corrected chi connectivity index (χ4v) is 1.84. The smallest absolute Gasteiger partial charge is 0.282 e. The number of aryl methyl sites for hydroxylation is 1. The average Bonchev–Trinajstić information content (AvgIpc) is 2.91. The molecule has 0 unspecified atom stereocenters. The summed E-state index contributed by atoms with van der Waals surface area (Å²) in [5, 5.41) is 10.9. The molecule has 20 heavy (non-hydrogen) atoms. The Kier molecular flexibility index (Phi) is 4.65. The van der Waals surface area contributed by atoms with E-state index in [4.69, 9.17) is 0 Å². The molecule has 2 aromatic rings. The standard InChI is InChI=1S/C15H18N4O/c1-3-7-13(12-8-5-4-6-9-12)17-19-15(20)14-10-11(2)16-18-14/h4-6,8-10H,3,7H2,1-2H3,(H,16,18)(H,19,20)/b17-13+. The summed E-state index contributed by atoms with van der Waals surface area (Å²) in [6, 6.07) is 11.5. The number of aromatic nitrogens is 2. The summed E-state index contributed by atoms with van der Waals surface area (Å²) < 4.78 is 0. The molecule has 2 N–H and O–H groups in total. The van der Waals surface area contributed by atoms with Crippen LogP contribution in [0.2, 0.25) is 0 Å². The molecule has 0 radical (unpaired) electrons. The summed E-state index contributed by atoms with van der Waals surface area (Å²) in [4.78, 5) is 11.9.